The molecule has 7 nitrogen and oxygen atoms in total. The third-order valence-electron chi connectivity index (χ3n) is 7.04. The van der Waals surface area contributed by atoms with E-state index in [2.05, 4.69) is 5.32 Å². The lowest BCUT2D eigenvalue weighted by atomic mass is 10.0. The predicted molar refractivity (Wildman–Crippen MR) is 155 cm³/mol. The molecular weight excluding hydrogens is 553 g/mol. The molecule has 0 heterocycles. The van der Waals surface area contributed by atoms with E-state index in [1.165, 1.54) is 23.1 Å². The molecule has 3 aromatic rings. The van der Waals surface area contributed by atoms with Crippen LogP contribution in [0.15, 0.2) is 78.9 Å². The first-order chi connectivity index (χ1) is 19.1. The van der Waals surface area contributed by atoms with Gasteiger partial charge in [0, 0.05) is 24.0 Å². The van der Waals surface area contributed by atoms with Crippen LogP contribution in [0.25, 0.3) is 0 Å². The van der Waals surface area contributed by atoms with E-state index in [4.69, 9.17) is 11.6 Å². The zero-order chi connectivity index (χ0) is 28.7. The lowest BCUT2D eigenvalue weighted by Gasteiger charge is -2.34. The molecule has 0 spiro atoms. The second-order valence-corrected chi connectivity index (χ2v) is 12.4. The van der Waals surface area contributed by atoms with Crippen molar-refractivity contribution < 1.29 is 22.4 Å². The lowest BCUT2D eigenvalue weighted by molar-refractivity contribution is -0.140. The SMILES string of the molecule is CS(=O)(=O)N(CC(=O)N(Cc1ccc(Cl)cc1)[C@H](Cc1ccccc1)C(=O)NC1CCCC1)c1ccccc1F. The van der Waals surface area contributed by atoms with Crippen LogP contribution in [-0.4, -0.2) is 50.0 Å². The molecule has 40 heavy (non-hydrogen) atoms. The van der Waals surface area contributed by atoms with Crippen molar-refractivity contribution in [2.24, 2.45) is 0 Å². The first-order valence-electron chi connectivity index (χ1n) is 13.2. The summed E-state index contributed by atoms with van der Waals surface area (Å²) in [5.74, 6) is -1.72. The van der Waals surface area contributed by atoms with Gasteiger partial charge in [0.05, 0.1) is 11.9 Å². The third kappa shape index (κ3) is 7.82. The lowest BCUT2D eigenvalue weighted by Crippen LogP contribution is -2.54. The minimum absolute atomic E-state index is 0.0178. The Morgan fingerprint density at radius 1 is 0.950 bits per heavy atom. The number of hydrogen-bond acceptors (Lipinski definition) is 4. The highest BCUT2D eigenvalue weighted by Crippen LogP contribution is 2.24. The van der Waals surface area contributed by atoms with Crippen molar-refractivity contribution in [2.45, 2.75) is 50.7 Å². The zero-order valence-corrected chi connectivity index (χ0v) is 23.9. The molecule has 1 saturated carbocycles. The number of anilines is 1. The van der Waals surface area contributed by atoms with Gasteiger partial charge in [-0.1, -0.05) is 79.0 Å². The minimum Gasteiger partial charge on any atom is -0.352 e. The number of carbonyl (C=O) groups excluding carboxylic acids is 2. The number of sulfonamides is 1. The van der Waals surface area contributed by atoms with Crippen LogP contribution in [0.5, 0.6) is 0 Å². The highest BCUT2D eigenvalue weighted by Gasteiger charge is 2.34. The van der Waals surface area contributed by atoms with Gasteiger partial charge >= 0.3 is 0 Å². The van der Waals surface area contributed by atoms with Crippen LogP contribution in [0.2, 0.25) is 5.02 Å². The van der Waals surface area contributed by atoms with Gasteiger partial charge in [-0.3, -0.25) is 13.9 Å². The standard InChI is InChI=1S/C30H33ClFN3O4S/c1-40(38,39)35(27-14-8-7-13-26(27)32)21-29(36)34(20-23-15-17-24(31)18-16-23)28(19-22-9-3-2-4-10-22)30(37)33-25-11-5-6-12-25/h2-4,7-10,13-18,25,28H,5-6,11-12,19-21H2,1H3,(H,33,37)/t28-/m1/s1. The normalized spacial score (nSPS) is 14.5. The molecule has 0 saturated heterocycles. The van der Waals surface area contributed by atoms with Crippen LogP contribution >= 0.6 is 11.6 Å². The summed E-state index contributed by atoms with van der Waals surface area (Å²) in [7, 11) is -4.04. The van der Waals surface area contributed by atoms with Crippen molar-refractivity contribution in [2.75, 3.05) is 17.1 Å². The third-order valence-corrected chi connectivity index (χ3v) is 8.42. The van der Waals surface area contributed by atoms with E-state index in [-0.39, 0.29) is 30.6 Å². The highest BCUT2D eigenvalue weighted by atomic mass is 35.5. The molecule has 1 fully saturated rings. The predicted octanol–water partition coefficient (Wildman–Crippen LogP) is 4.94. The van der Waals surface area contributed by atoms with Crippen molar-refractivity contribution in [1.82, 2.24) is 10.2 Å². The molecule has 0 bridgehead atoms. The van der Waals surface area contributed by atoms with Gasteiger partial charge in [0.15, 0.2) is 0 Å². The summed E-state index contributed by atoms with van der Waals surface area (Å²) in [4.78, 5) is 29.2. The monoisotopic (exact) mass is 585 g/mol. The van der Waals surface area contributed by atoms with Crippen molar-refractivity contribution in [3.8, 4) is 0 Å². The fourth-order valence-corrected chi connectivity index (χ4v) is 5.93. The largest absolute Gasteiger partial charge is 0.352 e. The molecular formula is C30H33ClFN3O4S. The highest BCUT2D eigenvalue weighted by molar-refractivity contribution is 7.92. The first kappa shape index (κ1) is 29.6. The molecule has 212 valence electrons. The Balaban J connectivity index is 1.72. The average Bonchev–Trinajstić information content (AvgIpc) is 3.43. The molecule has 0 aliphatic heterocycles. The van der Waals surface area contributed by atoms with E-state index in [0.717, 1.165) is 47.9 Å². The number of nitrogens with one attached hydrogen (secondary N) is 1. The van der Waals surface area contributed by atoms with Crippen LogP contribution < -0.4 is 9.62 Å². The van der Waals surface area contributed by atoms with Crippen molar-refractivity contribution >= 4 is 39.1 Å². The second-order valence-electron chi connectivity index (χ2n) is 10.1. The average molecular weight is 586 g/mol. The van der Waals surface area contributed by atoms with E-state index in [1.807, 2.05) is 30.3 Å². The number of hydrogen-bond donors (Lipinski definition) is 1. The van der Waals surface area contributed by atoms with Gasteiger partial charge in [-0.25, -0.2) is 12.8 Å². The molecule has 1 N–H and O–H groups in total. The number of amides is 2. The number of carbonyl (C=O) groups is 2. The van der Waals surface area contributed by atoms with Gasteiger partial charge < -0.3 is 10.2 Å². The topological polar surface area (TPSA) is 86.8 Å². The van der Waals surface area contributed by atoms with Crippen molar-refractivity contribution in [3.63, 3.8) is 0 Å². The van der Waals surface area contributed by atoms with Crippen molar-refractivity contribution in [3.05, 3.63) is 101 Å². The maximum atomic E-state index is 14.7. The van der Waals surface area contributed by atoms with Gasteiger partial charge in [0.1, 0.15) is 18.4 Å². The fourth-order valence-electron chi connectivity index (χ4n) is 4.96. The molecule has 3 aromatic carbocycles. The van der Waals surface area contributed by atoms with Gasteiger partial charge in [-0.2, -0.15) is 0 Å². The van der Waals surface area contributed by atoms with E-state index < -0.39 is 34.3 Å². The van der Waals surface area contributed by atoms with Crippen LogP contribution in [0.4, 0.5) is 10.1 Å². The van der Waals surface area contributed by atoms with E-state index in [9.17, 15) is 22.4 Å². The first-order valence-corrected chi connectivity index (χ1v) is 15.4. The molecule has 1 atom stereocenters. The molecule has 0 radical (unpaired) electrons. The summed E-state index contributed by atoms with van der Waals surface area (Å²) in [5, 5.41) is 3.63. The Morgan fingerprint density at radius 2 is 1.57 bits per heavy atom. The van der Waals surface area contributed by atoms with Crippen LogP contribution in [0.3, 0.4) is 0 Å². The Bertz CT molecular complexity index is 1410. The molecule has 1 aliphatic rings. The maximum absolute atomic E-state index is 14.7. The van der Waals surface area contributed by atoms with E-state index >= 15 is 0 Å². The number of para-hydroxylation sites is 1. The number of benzene rings is 3. The Morgan fingerprint density at radius 3 is 2.20 bits per heavy atom. The van der Waals surface area contributed by atoms with Crippen LogP contribution in [0.1, 0.15) is 36.8 Å². The molecule has 1 aliphatic carbocycles. The molecule has 0 aromatic heterocycles. The van der Waals surface area contributed by atoms with Gasteiger partial charge in [0.2, 0.25) is 21.8 Å². The maximum Gasteiger partial charge on any atom is 0.244 e. The van der Waals surface area contributed by atoms with Gasteiger partial charge in [-0.05, 0) is 48.2 Å². The van der Waals surface area contributed by atoms with Gasteiger partial charge in [-0.15, -0.1) is 0 Å². The summed E-state index contributed by atoms with van der Waals surface area (Å²) >= 11 is 6.07. The number of nitrogens with zero attached hydrogens (tertiary/aromatic N) is 2. The quantitative estimate of drug-likeness (QED) is 0.345. The Labute approximate surface area is 240 Å². The summed E-state index contributed by atoms with van der Waals surface area (Å²) in [6.07, 6.45) is 4.91. The smallest absolute Gasteiger partial charge is 0.244 e. The summed E-state index contributed by atoms with van der Waals surface area (Å²) in [6, 6.07) is 20.7. The molecule has 0 unspecified atom stereocenters. The van der Waals surface area contributed by atoms with Crippen LogP contribution in [0, 0.1) is 5.82 Å². The summed E-state index contributed by atoms with van der Waals surface area (Å²) < 4.78 is 41.0. The Kier molecular flexibility index (Phi) is 9.81. The zero-order valence-electron chi connectivity index (χ0n) is 22.3. The summed E-state index contributed by atoms with van der Waals surface area (Å²) in [5.41, 5.74) is 1.32. The van der Waals surface area contributed by atoms with Gasteiger partial charge in [0.25, 0.3) is 0 Å². The fraction of sp³-hybridized carbons (Fsp3) is 0.333. The second kappa shape index (κ2) is 13.3. The minimum atomic E-state index is -4.04. The Hall–Kier alpha value is -3.43. The molecule has 2 amide bonds. The summed E-state index contributed by atoms with van der Waals surface area (Å²) in [6.45, 7) is -0.643. The van der Waals surface area contributed by atoms with Crippen molar-refractivity contribution in [1.29, 1.82) is 0 Å². The molecule has 4 rings (SSSR count). The molecule has 10 heteroatoms. The van der Waals surface area contributed by atoms with Crippen LogP contribution in [-0.2, 0) is 32.6 Å². The van der Waals surface area contributed by atoms with E-state index in [0.29, 0.717) is 10.6 Å². The van der Waals surface area contributed by atoms with E-state index in [1.54, 1.807) is 24.3 Å². The number of halogens is 2. The number of rotatable bonds is 11.